The zero-order valence-corrected chi connectivity index (χ0v) is 13.1. The van der Waals surface area contributed by atoms with E-state index in [4.69, 9.17) is 16.3 Å². The highest BCUT2D eigenvalue weighted by atomic mass is 35.5. The molecule has 3 rings (SSSR count). The van der Waals surface area contributed by atoms with Crippen LogP contribution in [0.2, 0.25) is 5.28 Å². The Morgan fingerprint density at radius 3 is 2.90 bits per heavy atom. The van der Waals surface area contributed by atoms with E-state index in [9.17, 15) is 0 Å². The molecule has 1 saturated carbocycles. The molecule has 7 heteroatoms. The van der Waals surface area contributed by atoms with E-state index in [0.717, 1.165) is 19.0 Å². The fourth-order valence-electron chi connectivity index (χ4n) is 2.71. The van der Waals surface area contributed by atoms with Crippen LogP contribution in [0, 0.1) is 5.92 Å². The first kappa shape index (κ1) is 14.8. The quantitative estimate of drug-likeness (QED) is 0.833. The van der Waals surface area contributed by atoms with E-state index in [1.807, 2.05) is 6.92 Å². The van der Waals surface area contributed by atoms with E-state index in [-0.39, 0.29) is 5.28 Å². The van der Waals surface area contributed by atoms with Crippen molar-refractivity contribution in [2.45, 2.75) is 38.6 Å². The van der Waals surface area contributed by atoms with Crippen molar-refractivity contribution < 1.29 is 4.74 Å². The number of anilines is 1. The molecule has 1 aliphatic heterocycles. The number of nitrogens with zero attached hydrogens (tertiary/aromatic N) is 4. The summed E-state index contributed by atoms with van der Waals surface area (Å²) in [7, 11) is 0. The van der Waals surface area contributed by atoms with Crippen LogP contribution in [0.3, 0.4) is 0 Å². The fraction of sp³-hybridized carbons (Fsp3) is 0.786. The Morgan fingerprint density at radius 1 is 1.29 bits per heavy atom. The number of halogens is 1. The lowest BCUT2D eigenvalue weighted by atomic mass is 10.1. The molecule has 0 radical (unpaired) electrons. The van der Waals surface area contributed by atoms with Gasteiger partial charge in [-0.05, 0) is 49.7 Å². The Balaban J connectivity index is 1.51. The number of hydrogen-bond donors (Lipinski definition) is 1. The van der Waals surface area contributed by atoms with Crippen LogP contribution in [-0.4, -0.2) is 52.1 Å². The van der Waals surface area contributed by atoms with Gasteiger partial charge in [0.15, 0.2) is 0 Å². The first-order chi connectivity index (χ1) is 10.2. The molecule has 1 aromatic heterocycles. The smallest absolute Gasteiger partial charge is 0.322 e. The number of hydrogen-bond acceptors (Lipinski definition) is 6. The molecular formula is C14H22ClN5O. The van der Waals surface area contributed by atoms with Crippen molar-refractivity contribution in [2.75, 3.05) is 31.6 Å². The van der Waals surface area contributed by atoms with Gasteiger partial charge < -0.3 is 15.0 Å². The Kier molecular flexibility index (Phi) is 4.75. The Morgan fingerprint density at radius 2 is 2.14 bits per heavy atom. The van der Waals surface area contributed by atoms with Gasteiger partial charge in [-0.3, -0.25) is 0 Å². The van der Waals surface area contributed by atoms with Crippen LogP contribution in [0.4, 0.5) is 5.95 Å². The maximum atomic E-state index is 5.91. The topological polar surface area (TPSA) is 63.2 Å². The lowest BCUT2D eigenvalue weighted by Crippen LogP contribution is -2.25. The molecule has 2 aliphatic rings. The molecule has 1 aliphatic carbocycles. The molecule has 0 bridgehead atoms. The van der Waals surface area contributed by atoms with E-state index >= 15 is 0 Å². The Hall–Kier alpha value is -1.14. The second kappa shape index (κ2) is 6.75. The summed E-state index contributed by atoms with van der Waals surface area (Å²) in [6.45, 7) is 5.89. The third-order valence-corrected chi connectivity index (χ3v) is 4.12. The van der Waals surface area contributed by atoms with Gasteiger partial charge in [0.05, 0.1) is 6.61 Å². The minimum absolute atomic E-state index is 0.171. The van der Waals surface area contributed by atoms with Gasteiger partial charge in [-0.15, -0.1) is 0 Å². The highest BCUT2D eigenvalue weighted by molar-refractivity contribution is 6.28. The van der Waals surface area contributed by atoms with Gasteiger partial charge in [-0.2, -0.15) is 15.0 Å². The molecule has 116 valence electrons. The van der Waals surface area contributed by atoms with Crippen molar-refractivity contribution in [1.82, 2.24) is 19.9 Å². The van der Waals surface area contributed by atoms with Crippen molar-refractivity contribution in [3.63, 3.8) is 0 Å². The monoisotopic (exact) mass is 311 g/mol. The summed E-state index contributed by atoms with van der Waals surface area (Å²) in [5.74, 6) is 1.16. The first-order valence-electron chi connectivity index (χ1n) is 7.77. The summed E-state index contributed by atoms with van der Waals surface area (Å²) >= 11 is 5.91. The highest BCUT2D eigenvalue weighted by Crippen LogP contribution is 2.31. The fourth-order valence-corrected chi connectivity index (χ4v) is 2.86. The molecule has 1 saturated heterocycles. The molecule has 0 amide bonds. The number of nitrogens with one attached hydrogen (secondary N) is 1. The van der Waals surface area contributed by atoms with Crippen molar-refractivity contribution in [3.8, 4) is 6.01 Å². The molecular weight excluding hydrogens is 290 g/mol. The van der Waals surface area contributed by atoms with Crippen LogP contribution >= 0.6 is 11.6 Å². The highest BCUT2D eigenvalue weighted by Gasteiger charge is 2.34. The summed E-state index contributed by atoms with van der Waals surface area (Å²) in [5, 5.41) is 3.44. The maximum Gasteiger partial charge on any atom is 0.322 e. The second-order valence-corrected chi connectivity index (χ2v) is 6.16. The zero-order chi connectivity index (χ0) is 14.7. The summed E-state index contributed by atoms with van der Waals surface area (Å²) in [4.78, 5) is 14.9. The molecule has 1 N–H and O–H groups in total. The summed E-state index contributed by atoms with van der Waals surface area (Å²) in [6.07, 6.45) is 4.90. The van der Waals surface area contributed by atoms with Gasteiger partial charge in [-0.1, -0.05) is 6.92 Å². The molecule has 1 unspecified atom stereocenters. The SMILES string of the molecule is CCCOc1nc(Cl)nc(NCC2CCN(C3CC3)C2)n1. The Bertz CT molecular complexity index is 482. The Labute approximate surface area is 130 Å². The molecule has 1 aromatic rings. The van der Waals surface area contributed by atoms with E-state index in [2.05, 4.69) is 25.2 Å². The van der Waals surface area contributed by atoms with Gasteiger partial charge >= 0.3 is 6.01 Å². The number of likely N-dealkylation sites (tertiary alicyclic amines) is 1. The van der Waals surface area contributed by atoms with Crippen LogP contribution in [0.1, 0.15) is 32.6 Å². The molecule has 2 heterocycles. The van der Waals surface area contributed by atoms with Crippen LogP contribution in [0.25, 0.3) is 0 Å². The average molecular weight is 312 g/mol. The molecule has 21 heavy (non-hydrogen) atoms. The summed E-state index contributed by atoms with van der Waals surface area (Å²) in [5.41, 5.74) is 0. The number of aromatic nitrogens is 3. The third kappa shape index (κ3) is 4.17. The van der Waals surface area contributed by atoms with Crippen LogP contribution in [0.5, 0.6) is 6.01 Å². The van der Waals surface area contributed by atoms with Gasteiger partial charge in [0.25, 0.3) is 0 Å². The van der Waals surface area contributed by atoms with Gasteiger partial charge in [0.1, 0.15) is 0 Å². The van der Waals surface area contributed by atoms with Crippen molar-refractivity contribution in [2.24, 2.45) is 5.92 Å². The third-order valence-electron chi connectivity index (χ3n) is 3.95. The molecule has 0 aromatic carbocycles. The predicted molar refractivity (Wildman–Crippen MR) is 81.8 cm³/mol. The van der Waals surface area contributed by atoms with E-state index in [1.165, 1.54) is 32.4 Å². The normalized spacial score (nSPS) is 22.5. The number of ether oxygens (including phenoxy) is 1. The number of rotatable bonds is 7. The van der Waals surface area contributed by atoms with Crippen LogP contribution in [0.15, 0.2) is 0 Å². The van der Waals surface area contributed by atoms with Crippen LogP contribution in [-0.2, 0) is 0 Å². The van der Waals surface area contributed by atoms with Gasteiger partial charge in [-0.25, -0.2) is 0 Å². The lowest BCUT2D eigenvalue weighted by molar-refractivity contribution is 0.291. The summed E-state index contributed by atoms with van der Waals surface area (Å²) in [6, 6.07) is 1.15. The second-order valence-electron chi connectivity index (χ2n) is 5.82. The molecule has 2 fully saturated rings. The standard InChI is InChI=1S/C14H22ClN5O/c1-2-7-21-14-18-12(15)17-13(19-14)16-8-10-5-6-20(9-10)11-3-4-11/h10-11H,2-9H2,1H3,(H,16,17,18,19). The zero-order valence-electron chi connectivity index (χ0n) is 12.4. The van der Waals surface area contributed by atoms with Gasteiger partial charge in [0, 0.05) is 19.1 Å². The van der Waals surface area contributed by atoms with E-state index < -0.39 is 0 Å². The first-order valence-corrected chi connectivity index (χ1v) is 8.14. The predicted octanol–water partition coefficient (Wildman–Crippen LogP) is 2.21. The minimum Gasteiger partial charge on any atom is -0.463 e. The van der Waals surface area contributed by atoms with Crippen molar-refractivity contribution in [3.05, 3.63) is 5.28 Å². The average Bonchev–Trinajstić information content (AvgIpc) is 3.21. The van der Waals surface area contributed by atoms with Crippen molar-refractivity contribution >= 4 is 17.5 Å². The summed E-state index contributed by atoms with van der Waals surface area (Å²) < 4.78 is 5.41. The van der Waals surface area contributed by atoms with E-state index in [0.29, 0.717) is 24.5 Å². The molecule has 6 nitrogen and oxygen atoms in total. The molecule has 1 atom stereocenters. The lowest BCUT2D eigenvalue weighted by Gasteiger charge is -2.15. The molecule has 0 spiro atoms. The van der Waals surface area contributed by atoms with Crippen LogP contribution < -0.4 is 10.1 Å². The van der Waals surface area contributed by atoms with E-state index in [1.54, 1.807) is 0 Å². The minimum atomic E-state index is 0.171. The van der Waals surface area contributed by atoms with Gasteiger partial charge in [0.2, 0.25) is 11.2 Å². The maximum absolute atomic E-state index is 5.91. The largest absolute Gasteiger partial charge is 0.463 e. The van der Waals surface area contributed by atoms with Crippen molar-refractivity contribution in [1.29, 1.82) is 0 Å².